The van der Waals surface area contributed by atoms with Crippen molar-refractivity contribution in [3.63, 3.8) is 0 Å². The maximum atomic E-state index is 14.1. The lowest BCUT2D eigenvalue weighted by molar-refractivity contribution is -0.136. The molecule has 1 saturated carbocycles. The van der Waals surface area contributed by atoms with Crippen LogP contribution in [-0.2, 0) is 15.0 Å². The maximum absolute atomic E-state index is 14.1. The number of H-pyrrole nitrogens is 1. The molecule has 1 aromatic carbocycles. The summed E-state index contributed by atoms with van der Waals surface area (Å²) in [7, 11) is 1.64. The predicted molar refractivity (Wildman–Crippen MR) is 136 cm³/mol. The molecule has 0 bridgehead atoms. The Bertz CT molecular complexity index is 1450. The van der Waals surface area contributed by atoms with Crippen LogP contribution in [0.4, 0.5) is 5.69 Å². The summed E-state index contributed by atoms with van der Waals surface area (Å²) >= 11 is 6.25. The van der Waals surface area contributed by atoms with E-state index in [-0.39, 0.29) is 30.7 Å². The number of carbonyl (C=O) groups excluding carboxylic acids is 3. The highest BCUT2D eigenvalue weighted by Crippen LogP contribution is 2.47. The number of rotatable bonds is 5. The van der Waals surface area contributed by atoms with Crippen LogP contribution < -0.4 is 16.0 Å². The van der Waals surface area contributed by atoms with Crippen LogP contribution in [0.15, 0.2) is 29.3 Å². The third-order valence-electron chi connectivity index (χ3n) is 8.12. The van der Waals surface area contributed by atoms with Gasteiger partial charge in [0.2, 0.25) is 11.8 Å². The molecular weight excluding hydrogens is 492 g/mol. The Morgan fingerprint density at radius 3 is 2.89 bits per heavy atom. The van der Waals surface area contributed by atoms with Crippen molar-refractivity contribution in [2.75, 3.05) is 25.5 Å². The number of amides is 3. The van der Waals surface area contributed by atoms with E-state index >= 15 is 0 Å². The molecule has 1 saturated heterocycles. The van der Waals surface area contributed by atoms with E-state index in [1.165, 1.54) is 9.80 Å². The van der Waals surface area contributed by atoms with Gasteiger partial charge in [-0.1, -0.05) is 30.5 Å². The Hall–Kier alpha value is -3.64. The summed E-state index contributed by atoms with van der Waals surface area (Å²) in [6.07, 6.45) is 5.59. The average molecular weight is 519 g/mol. The quantitative estimate of drug-likeness (QED) is 0.626. The highest BCUT2D eigenvalue weighted by Gasteiger charge is 2.57. The first-order chi connectivity index (χ1) is 17.8. The van der Waals surface area contributed by atoms with Crippen LogP contribution in [-0.4, -0.2) is 64.7 Å². The van der Waals surface area contributed by atoms with E-state index in [0.717, 1.165) is 24.5 Å². The van der Waals surface area contributed by atoms with E-state index in [9.17, 15) is 19.6 Å². The monoisotopic (exact) mass is 518 g/mol. The topological polar surface area (TPSA) is 122 Å². The fraction of sp³-hybridized carbons (Fsp3) is 0.444. The lowest BCUT2D eigenvalue weighted by Crippen LogP contribution is -2.51. The molecule has 3 aliphatic heterocycles. The first-order valence-corrected chi connectivity index (χ1v) is 13.0. The third-order valence-corrected chi connectivity index (χ3v) is 8.35. The zero-order chi connectivity index (χ0) is 25.9. The summed E-state index contributed by atoms with van der Waals surface area (Å²) in [5, 5.41) is 14.3. The number of fused-ring (bicyclic) bond motifs is 3. The van der Waals surface area contributed by atoms with Crippen LogP contribution in [0.1, 0.15) is 48.2 Å². The van der Waals surface area contributed by atoms with E-state index in [4.69, 9.17) is 11.6 Å². The lowest BCUT2D eigenvalue weighted by atomic mass is 9.80. The van der Waals surface area contributed by atoms with Crippen LogP contribution in [0.25, 0.3) is 6.08 Å². The van der Waals surface area contributed by atoms with Crippen molar-refractivity contribution in [2.45, 2.75) is 49.6 Å². The number of halogens is 1. The standard InChI is InChI=1S/C27H27ClN6O3/c1-33(24(35)21-10-16-3-2-8-30-23(16)31-21)22(9-15-4-5-15)25(36)34-14-27(12-18(34)13-29)19-11-17(28)6-7-20(19)32-26(27)37/h3,6-7,10-11,15,18,22H,2,4-5,8-9,12,14H2,1H3,(H,30,31)(H,32,37)/t18-,22-,27-/m0/s1. The summed E-state index contributed by atoms with van der Waals surface area (Å²) < 4.78 is 0. The Labute approximate surface area is 218 Å². The molecule has 37 heavy (non-hydrogen) atoms. The minimum absolute atomic E-state index is 0.0665. The van der Waals surface area contributed by atoms with Gasteiger partial charge in [-0.25, -0.2) is 0 Å². The lowest BCUT2D eigenvalue weighted by Gasteiger charge is -2.32. The molecule has 6 rings (SSSR count). The number of nitrogens with zero attached hydrogens (tertiary/aromatic N) is 4. The molecular formula is C27H27ClN6O3. The maximum Gasteiger partial charge on any atom is 0.270 e. The minimum atomic E-state index is -1.04. The Morgan fingerprint density at radius 1 is 1.35 bits per heavy atom. The molecule has 1 spiro atoms. The molecule has 0 radical (unpaired) electrons. The molecule has 3 amide bonds. The van der Waals surface area contributed by atoms with E-state index in [1.807, 2.05) is 6.08 Å². The molecule has 1 aromatic heterocycles. The van der Waals surface area contributed by atoms with Crippen molar-refractivity contribution in [3.05, 3.63) is 51.3 Å². The number of anilines is 1. The van der Waals surface area contributed by atoms with Crippen molar-refractivity contribution < 1.29 is 14.4 Å². The third kappa shape index (κ3) is 3.91. The van der Waals surface area contributed by atoms with E-state index in [1.54, 1.807) is 31.3 Å². The number of nitrogens with one attached hydrogen (secondary N) is 2. The van der Waals surface area contributed by atoms with Gasteiger partial charge >= 0.3 is 0 Å². The van der Waals surface area contributed by atoms with Gasteiger partial charge in [0.25, 0.3) is 5.91 Å². The number of aromatic amines is 1. The summed E-state index contributed by atoms with van der Waals surface area (Å²) in [6, 6.07) is 7.67. The fourth-order valence-electron chi connectivity index (χ4n) is 5.87. The van der Waals surface area contributed by atoms with Gasteiger partial charge < -0.3 is 20.1 Å². The summed E-state index contributed by atoms with van der Waals surface area (Å²) in [4.78, 5) is 51.3. The Kier molecular flexibility index (Phi) is 5.60. The van der Waals surface area contributed by atoms with Crippen molar-refractivity contribution in [2.24, 2.45) is 10.9 Å². The van der Waals surface area contributed by atoms with Gasteiger partial charge in [0.15, 0.2) is 0 Å². The number of likely N-dealkylation sites (N-methyl/N-ethyl adjacent to an activating group) is 1. The fourth-order valence-corrected chi connectivity index (χ4v) is 6.04. The minimum Gasteiger partial charge on any atom is -0.336 e. The van der Waals surface area contributed by atoms with E-state index in [0.29, 0.717) is 46.3 Å². The normalized spacial score (nSPS) is 24.4. The highest BCUT2D eigenvalue weighted by molar-refractivity contribution is 6.31. The van der Waals surface area contributed by atoms with Crippen molar-refractivity contribution >= 4 is 41.1 Å². The van der Waals surface area contributed by atoms with Crippen LogP contribution in [0.2, 0.25) is 5.02 Å². The molecule has 3 atom stereocenters. The van der Waals surface area contributed by atoms with Crippen molar-refractivity contribution in [3.8, 4) is 6.07 Å². The Balaban J connectivity index is 1.31. The zero-order valence-corrected chi connectivity index (χ0v) is 21.2. The predicted octanol–water partition coefficient (Wildman–Crippen LogP) is 1.73. The Morgan fingerprint density at radius 2 is 2.16 bits per heavy atom. The molecule has 9 nitrogen and oxygen atoms in total. The van der Waals surface area contributed by atoms with Gasteiger partial charge in [0.1, 0.15) is 23.3 Å². The number of benzene rings is 1. The molecule has 2 N–H and O–H groups in total. The van der Waals surface area contributed by atoms with Crippen LogP contribution in [0.3, 0.4) is 0 Å². The van der Waals surface area contributed by atoms with Crippen LogP contribution in [0.5, 0.6) is 0 Å². The first-order valence-electron chi connectivity index (χ1n) is 12.6. The number of hydrogen-bond acceptors (Lipinski definition) is 5. The van der Waals surface area contributed by atoms with E-state index < -0.39 is 17.5 Å². The van der Waals surface area contributed by atoms with Gasteiger partial charge in [-0.3, -0.25) is 19.4 Å². The average Bonchev–Trinajstić information content (AvgIpc) is 3.38. The first kappa shape index (κ1) is 23.7. The molecule has 2 fully saturated rings. The molecule has 0 unspecified atom stereocenters. The number of hydrogen-bond donors (Lipinski definition) is 2. The second-order valence-corrected chi connectivity index (χ2v) is 11.0. The second-order valence-electron chi connectivity index (χ2n) is 10.5. The smallest absolute Gasteiger partial charge is 0.270 e. The molecule has 4 heterocycles. The summed E-state index contributed by atoms with van der Waals surface area (Å²) in [5.41, 5.74) is 1.39. The second kappa shape index (κ2) is 8.73. The van der Waals surface area contributed by atoms with Crippen molar-refractivity contribution in [1.29, 1.82) is 5.26 Å². The number of likely N-dealkylation sites (tertiary alicyclic amines) is 1. The number of carbonyl (C=O) groups is 3. The van der Waals surface area contributed by atoms with Gasteiger partial charge in [0, 0.05) is 42.5 Å². The van der Waals surface area contributed by atoms with Gasteiger partial charge in [-0.15, -0.1) is 0 Å². The SMILES string of the molecule is CN(C(=O)c1cc2c([nH]1)=NCCC=2)[C@@H](CC1CC1)C(=O)N1C[C@]2(C[C@H]1C#N)C(=O)Nc1ccc(Cl)cc12. The summed E-state index contributed by atoms with van der Waals surface area (Å²) in [5.74, 6) is -0.478. The van der Waals surface area contributed by atoms with Crippen LogP contribution >= 0.6 is 11.6 Å². The van der Waals surface area contributed by atoms with Crippen LogP contribution in [0, 0.1) is 17.2 Å². The largest absolute Gasteiger partial charge is 0.336 e. The van der Waals surface area contributed by atoms with Gasteiger partial charge in [-0.05, 0) is 48.6 Å². The van der Waals surface area contributed by atoms with Gasteiger partial charge in [0.05, 0.1) is 11.5 Å². The number of aromatic nitrogens is 1. The number of nitriles is 1. The highest BCUT2D eigenvalue weighted by atomic mass is 35.5. The van der Waals surface area contributed by atoms with Gasteiger partial charge in [-0.2, -0.15) is 5.26 Å². The molecule has 4 aliphatic rings. The molecule has 1 aliphatic carbocycles. The molecule has 190 valence electrons. The zero-order valence-electron chi connectivity index (χ0n) is 20.5. The van der Waals surface area contributed by atoms with E-state index in [2.05, 4.69) is 21.4 Å². The summed E-state index contributed by atoms with van der Waals surface area (Å²) in [6.45, 7) is 0.741. The molecule has 2 aromatic rings. The molecule has 10 heteroatoms. The van der Waals surface area contributed by atoms with Crippen molar-refractivity contribution in [1.82, 2.24) is 14.8 Å².